The molecule has 16 heavy (non-hydrogen) atoms. The maximum atomic E-state index is 3.75. The lowest BCUT2D eigenvalue weighted by molar-refractivity contribution is 0.500. The van der Waals surface area contributed by atoms with Crippen LogP contribution in [-0.2, 0) is 0 Å². The maximum Gasteiger partial charge on any atom is -0.0239 e. The first-order valence-corrected chi connectivity index (χ1v) is 6.93. The van der Waals surface area contributed by atoms with Crippen molar-refractivity contribution in [1.82, 2.24) is 0 Å². The molecule has 1 atom stereocenters. The Kier molecular flexibility index (Phi) is 16.2. The molecule has 0 saturated carbocycles. The topological polar surface area (TPSA) is 0 Å². The standard InChI is InChI=1S/2C8H16/c2*1-4-7-8(5-2)6-3/h5,8H,2,4,6-7H2,1,3H3;4,8H,1,5-7H2,2-3H3. The highest BCUT2D eigenvalue weighted by Crippen LogP contribution is 2.11. The number of rotatable bonds is 8. The summed E-state index contributed by atoms with van der Waals surface area (Å²) in [6.07, 6.45) is 11.7. The Morgan fingerprint density at radius 3 is 1.62 bits per heavy atom. The fourth-order valence-electron chi connectivity index (χ4n) is 1.72. The third kappa shape index (κ3) is 11.6. The van der Waals surface area contributed by atoms with E-state index in [-0.39, 0.29) is 0 Å². The van der Waals surface area contributed by atoms with Gasteiger partial charge in [-0.25, -0.2) is 0 Å². The third-order valence-corrected chi connectivity index (χ3v) is 3.17. The van der Waals surface area contributed by atoms with Gasteiger partial charge < -0.3 is 0 Å². The van der Waals surface area contributed by atoms with Crippen molar-refractivity contribution >= 4 is 0 Å². The van der Waals surface area contributed by atoms with Gasteiger partial charge in [0.2, 0.25) is 0 Å². The van der Waals surface area contributed by atoms with Crippen LogP contribution in [0.4, 0.5) is 0 Å². The molecule has 0 aliphatic heterocycles. The molecule has 96 valence electrons. The summed E-state index contributed by atoms with van der Waals surface area (Å²) in [7, 11) is 0. The van der Waals surface area contributed by atoms with Crippen LogP contribution in [0.5, 0.6) is 0 Å². The average Bonchev–Trinajstić information content (AvgIpc) is 2.33. The molecule has 0 bridgehead atoms. The van der Waals surface area contributed by atoms with Gasteiger partial charge in [-0.15, -0.1) is 13.2 Å². The Bertz CT molecular complexity index is 142. The van der Waals surface area contributed by atoms with E-state index < -0.39 is 0 Å². The number of hydrogen-bond acceptors (Lipinski definition) is 0. The van der Waals surface area contributed by atoms with Gasteiger partial charge in [-0.1, -0.05) is 59.1 Å². The SMILES string of the molecule is C=CC(CC)CCC.C=CCC(CC)CC. The molecule has 0 aromatic rings. The summed E-state index contributed by atoms with van der Waals surface area (Å²) >= 11 is 0. The molecule has 0 amide bonds. The first-order chi connectivity index (χ1) is 7.69. The highest BCUT2D eigenvalue weighted by atomic mass is 14.0. The van der Waals surface area contributed by atoms with Crippen LogP contribution in [-0.4, -0.2) is 0 Å². The van der Waals surface area contributed by atoms with E-state index in [0.717, 1.165) is 11.8 Å². The predicted octanol–water partition coefficient (Wildman–Crippen LogP) is 6.00. The molecule has 0 rings (SSSR count). The van der Waals surface area contributed by atoms with Crippen molar-refractivity contribution < 1.29 is 0 Å². The van der Waals surface area contributed by atoms with Gasteiger partial charge in [0.05, 0.1) is 0 Å². The summed E-state index contributed by atoms with van der Waals surface area (Å²) in [5, 5.41) is 0. The Morgan fingerprint density at radius 2 is 1.50 bits per heavy atom. The van der Waals surface area contributed by atoms with Crippen LogP contribution in [0, 0.1) is 11.8 Å². The van der Waals surface area contributed by atoms with Crippen molar-refractivity contribution in [2.45, 2.75) is 66.2 Å². The highest BCUT2D eigenvalue weighted by molar-refractivity contribution is 4.76. The molecule has 0 N–H and O–H groups in total. The van der Waals surface area contributed by atoms with E-state index in [1.165, 1.54) is 38.5 Å². The van der Waals surface area contributed by atoms with Crippen molar-refractivity contribution in [3.8, 4) is 0 Å². The minimum atomic E-state index is 0.764. The van der Waals surface area contributed by atoms with E-state index in [0.29, 0.717) is 0 Å². The van der Waals surface area contributed by atoms with Crippen molar-refractivity contribution in [3.05, 3.63) is 25.3 Å². The van der Waals surface area contributed by atoms with Crippen LogP contribution < -0.4 is 0 Å². The molecule has 0 aromatic heterocycles. The molecule has 0 nitrogen and oxygen atoms in total. The van der Waals surface area contributed by atoms with Crippen LogP contribution in [0.2, 0.25) is 0 Å². The summed E-state index contributed by atoms with van der Waals surface area (Å²) < 4.78 is 0. The van der Waals surface area contributed by atoms with Crippen molar-refractivity contribution in [1.29, 1.82) is 0 Å². The largest absolute Gasteiger partial charge is 0.103 e. The molecule has 0 saturated heterocycles. The summed E-state index contributed by atoms with van der Waals surface area (Å²) in [6, 6.07) is 0. The molecule has 0 radical (unpaired) electrons. The fraction of sp³-hybridized carbons (Fsp3) is 0.750. The van der Waals surface area contributed by atoms with Crippen molar-refractivity contribution in [3.63, 3.8) is 0 Å². The first-order valence-electron chi connectivity index (χ1n) is 6.93. The van der Waals surface area contributed by atoms with Crippen LogP contribution in [0.25, 0.3) is 0 Å². The summed E-state index contributed by atoms with van der Waals surface area (Å²) in [5.74, 6) is 1.65. The quantitative estimate of drug-likeness (QED) is 0.444. The van der Waals surface area contributed by atoms with E-state index in [9.17, 15) is 0 Å². The second-order valence-corrected chi connectivity index (χ2v) is 4.40. The molecular weight excluding hydrogens is 192 g/mol. The Labute approximate surface area is 104 Å². The van der Waals surface area contributed by atoms with Crippen LogP contribution in [0.3, 0.4) is 0 Å². The third-order valence-electron chi connectivity index (χ3n) is 3.17. The van der Waals surface area contributed by atoms with Crippen molar-refractivity contribution in [2.24, 2.45) is 11.8 Å². The van der Waals surface area contributed by atoms with Gasteiger partial charge >= 0.3 is 0 Å². The normalized spacial score (nSPS) is 11.6. The first kappa shape index (κ1) is 17.9. The van der Waals surface area contributed by atoms with Crippen LogP contribution >= 0.6 is 0 Å². The molecule has 1 unspecified atom stereocenters. The van der Waals surface area contributed by atoms with Gasteiger partial charge in [0.1, 0.15) is 0 Å². The van der Waals surface area contributed by atoms with Gasteiger partial charge in [-0.3, -0.25) is 0 Å². The monoisotopic (exact) mass is 224 g/mol. The lowest BCUT2D eigenvalue weighted by atomic mass is 10.00. The second-order valence-electron chi connectivity index (χ2n) is 4.40. The summed E-state index contributed by atoms with van der Waals surface area (Å²) in [5.41, 5.74) is 0. The lowest BCUT2D eigenvalue weighted by Crippen LogP contribution is -1.92. The minimum Gasteiger partial charge on any atom is -0.103 e. The molecular formula is C16H32. The second kappa shape index (κ2) is 14.5. The predicted molar refractivity (Wildman–Crippen MR) is 77.8 cm³/mol. The molecule has 0 aliphatic carbocycles. The van der Waals surface area contributed by atoms with Crippen LogP contribution in [0.15, 0.2) is 25.3 Å². The zero-order valence-corrected chi connectivity index (χ0v) is 12.0. The van der Waals surface area contributed by atoms with Gasteiger partial charge in [0.25, 0.3) is 0 Å². The van der Waals surface area contributed by atoms with Gasteiger partial charge in [-0.2, -0.15) is 0 Å². The van der Waals surface area contributed by atoms with E-state index in [1.807, 2.05) is 6.08 Å². The summed E-state index contributed by atoms with van der Waals surface area (Å²) in [4.78, 5) is 0. The van der Waals surface area contributed by atoms with E-state index in [2.05, 4.69) is 46.9 Å². The molecule has 0 spiro atoms. The average molecular weight is 224 g/mol. The van der Waals surface area contributed by atoms with E-state index in [1.54, 1.807) is 0 Å². The minimum absolute atomic E-state index is 0.764. The van der Waals surface area contributed by atoms with E-state index >= 15 is 0 Å². The van der Waals surface area contributed by atoms with E-state index in [4.69, 9.17) is 0 Å². The number of hydrogen-bond donors (Lipinski definition) is 0. The Morgan fingerprint density at radius 1 is 0.938 bits per heavy atom. The smallest absolute Gasteiger partial charge is 0.0239 e. The molecule has 0 heteroatoms. The lowest BCUT2D eigenvalue weighted by Gasteiger charge is -2.06. The van der Waals surface area contributed by atoms with Gasteiger partial charge in [0.15, 0.2) is 0 Å². The van der Waals surface area contributed by atoms with Crippen LogP contribution in [0.1, 0.15) is 66.2 Å². The molecule has 0 aliphatic rings. The Balaban J connectivity index is 0. The maximum absolute atomic E-state index is 3.75. The molecule has 0 heterocycles. The number of allylic oxidation sites excluding steroid dienone is 2. The molecule has 0 aromatic carbocycles. The zero-order valence-electron chi connectivity index (χ0n) is 12.0. The zero-order chi connectivity index (χ0) is 12.8. The fourth-order valence-corrected chi connectivity index (χ4v) is 1.72. The highest BCUT2D eigenvalue weighted by Gasteiger charge is 1.97. The van der Waals surface area contributed by atoms with Gasteiger partial charge in [-0.05, 0) is 31.1 Å². The summed E-state index contributed by atoms with van der Waals surface area (Å²) in [6.45, 7) is 16.3. The molecule has 0 fully saturated rings. The van der Waals surface area contributed by atoms with Crippen molar-refractivity contribution in [2.75, 3.05) is 0 Å². The Hall–Kier alpha value is -0.520. The van der Waals surface area contributed by atoms with Gasteiger partial charge in [0, 0.05) is 0 Å².